The van der Waals surface area contributed by atoms with Gasteiger partial charge in [-0.1, -0.05) is 54.1 Å². The molecule has 0 spiro atoms. The summed E-state index contributed by atoms with van der Waals surface area (Å²) in [7, 11) is 3.03. The summed E-state index contributed by atoms with van der Waals surface area (Å²) in [5.74, 6) is -1.12. The van der Waals surface area contributed by atoms with E-state index in [4.69, 9.17) is 4.74 Å². The van der Waals surface area contributed by atoms with Gasteiger partial charge in [-0.25, -0.2) is 9.59 Å². The fourth-order valence-corrected chi connectivity index (χ4v) is 4.78. The van der Waals surface area contributed by atoms with E-state index in [0.29, 0.717) is 16.4 Å². The zero-order valence-electron chi connectivity index (χ0n) is 21.2. The molecule has 0 saturated heterocycles. The summed E-state index contributed by atoms with van der Waals surface area (Å²) in [4.78, 5) is 53.0. The van der Waals surface area contributed by atoms with Crippen molar-refractivity contribution in [3.63, 3.8) is 0 Å². The second kappa shape index (κ2) is 9.85. The summed E-state index contributed by atoms with van der Waals surface area (Å²) >= 11 is 0. The molecule has 5 aromatic rings. The molecule has 2 heterocycles. The normalized spacial score (nSPS) is 11.1. The summed E-state index contributed by atoms with van der Waals surface area (Å²) in [6.07, 6.45) is 0. The lowest BCUT2D eigenvalue weighted by atomic mass is 10.1. The topological polar surface area (TPSA) is 104 Å². The number of benzene rings is 3. The van der Waals surface area contributed by atoms with Gasteiger partial charge in [0, 0.05) is 12.4 Å². The number of carbonyl (C=O) groups is 2. The lowest BCUT2D eigenvalue weighted by Crippen LogP contribution is -2.42. The van der Waals surface area contributed by atoms with E-state index < -0.39 is 23.1 Å². The van der Waals surface area contributed by atoms with Gasteiger partial charge in [0.05, 0.1) is 35.9 Å². The van der Waals surface area contributed by atoms with Gasteiger partial charge in [0.25, 0.3) is 5.56 Å². The molecular formula is C29H26N4O5. The molecule has 1 N–H and O–H groups in total. The van der Waals surface area contributed by atoms with Crippen LogP contribution in [0.2, 0.25) is 0 Å². The molecule has 0 aliphatic carbocycles. The third-order valence-corrected chi connectivity index (χ3v) is 6.60. The van der Waals surface area contributed by atoms with Crippen LogP contribution in [-0.2, 0) is 29.7 Å². The first-order valence-corrected chi connectivity index (χ1v) is 12.0. The highest BCUT2D eigenvalue weighted by Crippen LogP contribution is 2.26. The number of nitrogens with zero attached hydrogens (tertiary/aromatic N) is 3. The first-order chi connectivity index (χ1) is 18.3. The van der Waals surface area contributed by atoms with Crippen LogP contribution in [0.4, 0.5) is 5.69 Å². The number of aryl methyl sites for hydroxylation is 2. The Kier molecular flexibility index (Phi) is 6.42. The van der Waals surface area contributed by atoms with Gasteiger partial charge < -0.3 is 14.6 Å². The first-order valence-electron chi connectivity index (χ1n) is 12.0. The third kappa shape index (κ3) is 4.28. The van der Waals surface area contributed by atoms with Gasteiger partial charge in [0.2, 0.25) is 5.91 Å². The van der Waals surface area contributed by atoms with E-state index in [1.165, 1.54) is 11.7 Å². The largest absolute Gasteiger partial charge is 0.465 e. The average Bonchev–Trinajstić information content (AvgIpc) is 3.20. The standard InChI is InChI=1S/C29H26N4O5/c1-18-13-14-23-21(15-18)25-26(31(23)2)27(35)33(16-19-9-5-4-6-10-19)29(37)32(25)17-24(34)30-22-12-8-7-11-20(22)28(36)38-3/h4-15H,16-17H2,1-3H3,(H,30,34). The number of hydrogen-bond acceptors (Lipinski definition) is 5. The van der Waals surface area contributed by atoms with Gasteiger partial charge in [-0.3, -0.25) is 18.7 Å². The average molecular weight is 511 g/mol. The van der Waals surface area contributed by atoms with Gasteiger partial charge in [-0.15, -0.1) is 0 Å². The van der Waals surface area contributed by atoms with Crippen LogP contribution < -0.4 is 16.6 Å². The number of anilines is 1. The maximum atomic E-state index is 13.8. The molecule has 0 unspecified atom stereocenters. The third-order valence-electron chi connectivity index (χ3n) is 6.60. The number of carbonyl (C=O) groups excluding carboxylic acids is 2. The van der Waals surface area contributed by atoms with Crippen molar-refractivity contribution in [2.24, 2.45) is 7.05 Å². The minimum absolute atomic E-state index is 0.0573. The number of hydrogen-bond donors (Lipinski definition) is 1. The molecule has 9 nitrogen and oxygen atoms in total. The second-order valence-corrected chi connectivity index (χ2v) is 9.11. The van der Waals surface area contributed by atoms with Crippen molar-refractivity contribution >= 4 is 39.5 Å². The van der Waals surface area contributed by atoms with E-state index in [1.807, 2.05) is 55.5 Å². The van der Waals surface area contributed by atoms with Crippen LogP contribution in [0.5, 0.6) is 0 Å². The highest BCUT2D eigenvalue weighted by Gasteiger charge is 2.22. The Morgan fingerprint density at radius 2 is 1.61 bits per heavy atom. The molecule has 0 radical (unpaired) electrons. The monoisotopic (exact) mass is 510 g/mol. The highest BCUT2D eigenvalue weighted by molar-refractivity contribution is 6.07. The van der Waals surface area contributed by atoms with Crippen LogP contribution in [0.25, 0.3) is 21.9 Å². The van der Waals surface area contributed by atoms with Gasteiger partial charge in [0.1, 0.15) is 12.1 Å². The van der Waals surface area contributed by atoms with Crippen molar-refractivity contribution < 1.29 is 14.3 Å². The van der Waals surface area contributed by atoms with Gasteiger partial charge in [-0.05, 0) is 36.8 Å². The number of para-hydroxylation sites is 1. The van der Waals surface area contributed by atoms with Gasteiger partial charge >= 0.3 is 11.7 Å². The Morgan fingerprint density at radius 1 is 0.895 bits per heavy atom. The first kappa shape index (κ1) is 24.8. The van der Waals surface area contributed by atoms with Crippen molar-refractivity contribution in [2.75, 3.05) is 12.4 Å². The molecule has 0 saturated carbocycles. The van der Waals surface area contributed by atoms with Crippen molar-refractivity contribution in [1.29, 1.82) is 0 Å². The molecule has 192 valence electrons. The molecule has 0 fully saturated rings. The summed E-state index contributed by atoms with van der Waals surface area (Å²) in [5.41, 5.74) is 2.64. The zero-order valence-corrected chi connectivity index (χ0v) is 21.2. The predicted octanol–water partition coefficient (Wildman–Crippen LogP) is 3.44. The van der Waals surface area contributed by atoms with E-state index in [1.54, 1.807) is 35.9 Å². The Labute approximate surface area is 217 Å². The zero-order chi connectivity index (χ0) is 27.0. The smallest absolute Gasteiger partial charge is 0.339 e. The molecule has 38 heavy (non-hydrogen) atoms. The van der Waals surface area contributed by atoms with Crippen LogP contribution in [0.15, 0.2) is 82.4 Å². The Balaban J connectivity index is 1.69. The molecule has 1 amide bonds. The van der Waals surface area contributed by atoms with Gasteiger partial charge in [0.15, 0.2) is 0 Å². The summed E-state index contributed by atoms with van der Waals surface area (Å²) in [6.45, 7) is 1.61. The number of amides is 1. The van der Waals surface area contributed by atoms with Crippen molar-refractivity contribution in [1.82, 2.24) is 13.7 Å². The number of aromatic nitrogens is 3. The van der Waals surface area contributed by atoms with Gasteiger partial charge in [-0.2, -0.15) is 0 Å². The predicted molar refractivity (Wildman–Crippen MR) is 146 cm³/mol. The molecule has 5 rings (SSSR count). The second-order valence-electron chi connectivity index (χ2n) is 9.11. The van der Waals surface area contributed by atoms with Crippen LogP contribution in [0.1, 0.15) is 21.5 Å². The quantitative estimate of drug-likeness (QED) is 0.353. The van der Waals surface area contributed by atoms with E-state index in [0.717, 1.165) is 21.2 Å². The van der Waals surface area contributed by atoms with Crippen LogP contribution in [0.3, 0.4) is 0 Å². The Morgan fingerprint density at radius 3 is 2.34 bits per heavy atom. The van der Waals surface area contributed by atoms with Crippen molar-refractivity contribution in [3.05, 3.63) is 110 Å². The molecular weight excluding hydrogens is 484 g/mol. The minimum Gasteiger partial charge on any atom is -0.465 e. The van der Waals surface area contributed by atoms with Crippen LogP contribution in [0, 0.1) is 6.92 Å². The van der Waals surface area contributed by atoms with E-state index >= 15 is 0 Å². The number of ether oxygens (including phenoxy) is 1. The lowest BCUT2D eigenvalue weighted by molar-refractivity contribution is -0.116. The highest BCUT2D eigenvalue weighted by atomic mass is 16.5. The number of nitrogens with one attached hydrogen (secondary N) is 1. The fourth-order valence-electron chi connectivity index (χ4n) is 4.78. The molecule has 0 aliphatic heterocycles. The van der Waals surface area contributed by atoms with Crippen LogP contribution in [-0.4, -0.2) is 32.7 Å². The summed E-state index contributed by atoms with van der Waals surface area (Å²) in [5, 5.41) is 3.42. The van der Waals surface area contributed by atoms with E-state index in [-0.39, 0.29) is 24.3 Å². The fraction of sp³-hybridized carbons (Fsp3) is 0.172. The number of methoxy groups -OCH3 is 1. The van der Waals surface area contributed by atoms with E-state index in [9.17, 15) is 19.2 Å². The van der Waals surface area contributed by atoms with Crippen molar-refractivity contribution in [2.45, 2.75) is 20.0 Å². The van der Waals surface area contributed by atoms with E-state index in [2.05, 4.69) is 5.32 Å². The number of rotatable bonds is 6. The maximum absolute atomic E-state index is 13.8. The number of fused-ring (bicyclic) bond motifs is 3. The molecule has 0 bridgehead atoms. The lowest BCUT2D eigenvalue weighted by Gasteiger charge is -2.14. The van der Waals surface area contributed by atoms with Crippen molar-refractivity contribution in [3.8, 4) is 0 Å². The molecule has 0 aliphatic rings. The molecule has 0 atom stereocenters. The SMILES string of the molecule is COC(=O)c1ccccc1NC(=O)Cn1c(=O)n(Cc2ccccc2)c(=O)c2c1c1cc(C)ccc1n2C. The maximum Gasteiger partial charge on any atom is 0.339 e. The molecule has 2 aromatic heterocycles. The Bertz CT molecular complexity index is 1830. The van der Waals surface area contributed by atoms with Crippen LogP contribution >= 0.6 is 0 Å². The Hall–Kier alpha value is -4.92. The molecule has 3 aromatic carbocycles. The summed E-state index contributed by atoms with van der Waals surface area (Å²) < 4.78 is 9.06. The number of esters is 1. The minimum atomic E-state index is -0.600. The summed E-state index contributed by atoms with van der Waals surface area (Å²) in [6, 6.07) is 21.4. The molecule has 9 heteroatoms.